The minimum Gasteiger partial charge on any atom is -0.497 e. The molecule has 0 aliphatic heterocycles. The van der Waals surface area contributed by atoms with Gasteiger partial charge >= 0.3 is 0 Å². The molecule has 8 nitrogen and oxygen atoms in total. The maximum atomic E-state index is 12.3. The molecule has 1 N–H and O–H groups in total. The number of hydrogen-bond acceptors (Lipinski definition) is 6. The summed E-state index contributed by atoms with van der Waals surface area (Å²) in [5.74, 6) is 0.549. The Labute approximate surface area is 152 Å². The molecule has 140 valence electrons. The second-order valence-electron chi connectivity index (χ2n) is 5.37. The predicted molar refractivity (Wildman–Crippen MR) is 98.3 cm³/mol. The van der Waals surface area contributed by atoms with E-state index in [1.807, 2.05) is 0 Å². The van der Waals surface area contributed by atoms with Crippen molar-refractivity contribution in [1.82, 2.24) is 10.3 Å². The molecule has 0 bridgehead atoms. The monoisotopic (exact) mass is 379 g/mol. The van der Waals surface area contributed by atoms with E-state index < -0.39 is 10.0 Å². The van der Waals surface area contributed by atoms with E-state index in [9.17, 15) is 13.2 Å². The maximum absolute atomic E-state index is 12.3. The van der Waals surface area contributed by atoms with E-state index in [2.05, 4.69) is 10.3 Å². The molecule has 0 aliphatic carbocycles. The summed E-state index contributed by atoms with van der Waals surface area (Å²) in [6.45, 7) is 0.148. The highest BCUT2D eigenvalue weighted by Gasteiger charge is 2.22. The maximum Gasteiger partial charge on any atom is 0.252 e. The first-order chi connectivity index (χ1) is 12.4. The van der Waals surface area contributed by atoms with Crippen molar-refractivity contribution >= 4 is 21.6 Å². The van der Waals surface area contributed by atoms with Crippen LogP contribution in [0.15, 0.2) is 42.7 Å². The summed E-state index contributed by atoms with van der Waals surface area (Å²) < 4.78 is 36.1. The summed E-state index contributed by atoms with van der Waals surface area (Å²) in [6.07, 6.45) is 4.10. The molecule has 0 radical (unpaired) electrons. The first-order valence-corrected chi connectivity index (χ1v) is 9.59. The number of amides is 1. The highest BCUT2D eigenvalue weighted by atomic mass is 32.2. The molecule has 26 heavy (non-hydrogen) atoms. The number of ether oxygens (including phenoxy) is 2. The van der Waals surface area contributed by atoms with E-state index in [0.29, 0.717) is 22.7 Å². The van der Waals surface area contributed by atoms with Crippen LogP contribution in [-0.2, 0) is 10.0 Å². The lowest BCUT2D eigenvalue weighted by Crippen LogP contribution is -2.38. The molecule has 1 aromatic heterocycles. The standard InChI is InChI=1S/C17H21N3O5S/c1-24-14-6-7-16(25-2)15(11-14)20(26(3,22)23)10-9-19-17(21)13-5-4-8-18-12-13/h4-8,11-12H,9-10H2,1-3H3,(H,19,21). The van der Waals surface area contributed by atoms with Gasteiger partial charge in [-0.2, -0.15) is 0 Å². The predicted octanol–water partition coefficient (Wildman–Crippen LogP) is 1.29. The molecule has 0 aliphatic rings. The van der Waals surface area contributed by atoms with Crippen LogP contribution in [0.25, 0.3) is 0 Å². The Hall–Kier alpha value is -2.81. The Balaban J connectivity index is 2.18. The van der Waals surface area contributed by atoms with Crippen LogP contribution in [0.4, 0.5) is 5.69 Å². The Morgan fingerprint density at radius 3 is 2.58 bits per heavy atom. The Bertz CT molecular complexity index is 856. The van der Waals surface area contributed by atoms with Crippen LogP contribution >= 0.6 is 0 Å². The molecule has 1 aromatic carbocycles. The van der Waals surface area contributed by atoms with Crippen molar-refractivity contribution in [1.29, 1.82) is 0 Å². The summed E-state index contributed by atoms with van der Waals surface area (Å²) in [4.78, 5) is 16.0. The molecule has 2 rings (SSSR count). The number of carbonyl (C=O) groups is 1. The van der Waals surface area contributed by atoms with Gasteiger partial charge in [0.15, 0.2) is 0 Å². The topological polar surface area (TPSA) is 97.8 Å². The SMILES string of the molecule is COc1ccc(OC)c(N(CCNC(=O)c2cccnc2)S(C)(=O)=O)c1. The van der Waals surface area contributed by atoms with Gasteiger partial charge in [-0.25, -0.2) is 8.42 Å². The third-order valence-electron chi connectivity index (χ3n) is 3.58. The molecule has 0 saturated carbocycles. The van der Waals surface area contributed by atoms with E-state index in [1.54, 1.807) is 36.5 Å². The number of methoxy groups -OCH3 is 2. The van der Waals surface area contributed by atoms with Gasteiger partial charge in [-0.1, -0.05) is 0 Å². The van der Waals surface area contributed by atoms with Crippen molar-refractivity contribution in [3.63, 3.8) is 0 Å². The number of benzene rings is 1. The quantitative estimate of drug-likeness (QED) is 0.742. The number of nitrogens with zero attached hydrogens (tertiary/aromatic N) is 2. The van der Waals surface area contributed by atoms with E-state index in [1.165, 1.54) is 20.4 Å². The number of nitrogens with one attached hydrogen (secondary N) is 1. The number of rotatable bonds is 8. The molecule has 1 amide bonds. The fraction of sp³-hybridized carbons (Fsp3) is 0.294. The first-order valence-electron chi connectivity index (χ1n) is 7.74. The lowest BCUT2D eigenvalue weighted by atomic mass is 10.2. The van der Waals surface area contributed by atoms with Crippen LogP contribution in [0.5, 0.6) is 11.5 Å². The zero-order valence-corrected chi connectivity index (χ0v) is 15.6. The van der Waals surface area contributed by atoms with Gasteiger partial charge in [0.2, 0.25) is 10.0 Å². The molecule has 0 spiro atoms. The average molecular weight is 379 g/mol. The van der Waals surface area contributed by atoms with Crippen molar-refractivity contribution in [3.8, 4) is 11.5 Å². The van der Waals surface area contributed by atoms with Gasteiger partial charge in [0.05, 0.1) is 38.3 Å². The molecule has 0 saturated heterocycles. The number of sulfonamides is 1. The third-order valence-corrected chi connectivity index (χ3v) is 4.76. The van der Waals surface area contributed by atoms with Gasteiger partial charge in [0.25, 0.3) is 5.91 Å². The summed E-state index contributed by atoms with van der Waals surface area (Å²) in [6, 6.07) is 8.15. The molecular weight excluding hydrogens is 358 g/mol. The van der Waals surface area contributed by atoms with E-state index in [-0.39, 0.29) is 19.0 Å². The van der Waals surface area contributed by atoms with Gasteiger partial charge < -0.3 is 14.8 Å². The van der Waals surface area contributed by atoms with Gasteiger partial charge in [-0.3, -0.25) is 14.1 Å². The summed E-state index contributed by atoms with van der Waals surface area (Å²) in [5, 5.41) is 2.68. The highest BCUT2D eigenvalue weighted by Crippen LogP contribution is 2.33. The van der Waals surface area contributed by atoms with E-state index in [0.717, 1.165) is 10.6 Å². The first kappa shape index (κ1) is 19.5. The summed E-state index contributed by atoms with van der Waals surface area (Å²) in [5.41, 5.74) is 0.738. The van der Waals surface area contributed by atoms with Crippen LogP contribution in [-0.4, -0.2) is 52.9 Å². The summed E-state index contributed by atoms with van der Waals surface area (Å²) in [7, 11) is -0.659. The number of aromatic nitrogens is 1. The van der Waals surface area contributed by atoms with Crippen LogP contribution in [0.3, 0.4) is 0 Å². The van der Waals surface area contributed by atoms with Crippen molar-refractivity contribution < 1.29 is 22.7 Å². The van der Waals surface area contributed by atoms with Crippen LogP contribution in [0.1, 0.15) is 10.4 Å². The van der Waals surface area contributed by atoms with Crippen LogP contribution in [0, 0.1) is 0 Å². The van der Waals surface area contributed by atoms with Gasteiger partial charge in [0, 0.05) is 25.0 Å². The molecule has 2 aromatic rings. The Kier molecular flexibility index (Phi) is 6.40. The average Bonchev–Trinajstić information content (AvgIpc) is 2.64. The number of carbonyl (C=O) groups excluding carboxylic acids is 1. The second-order valence-corrected chi connectivity index (χ2v) is 7.28. The lowest BCUT2D eigenvalue weighted by Gasteiger charge is -2.24. The minimum atomic E-state index is -3.60. The van der Waals surface area contributed by atoms with Gasteiger partial charge in [0.1, 0.15) is 11.5 Å². The molecule has 9 heteroatoms. The number of pyridine rings is 1. The summed E-state index contributed by atoms with van der Waals surface area (Å²) >= 11 is 0. The zero-order chi connectivity index (χ0) is 19.2. The van der Waals surface area contributed by atoms with E-state index >= 15 is 0 Å². The minimum absolute atomic E-state index is 0.0361. The van der Waals surface area contributed by atoms with E-state index in [4.69, 9.17) is 9.47 Å². The van der Waals surface area contributed by atoms with Crippen molar-refractivity contribution in [2.45, 2.75) is 0 Å². The molecule has 0 atom stereocenters. The second kappa shape index (κ2) is 8.52. The van der Waals surface area contributed by atoms with Gasteiger partial charge in [-0.05, 0) is 24.3 Å². The largest absolute Gasteiger partial charge is 0.497 e. The lowest BCUT2D eigenvalue weighted by molar-refractivity contribution is 0.0954. The van der Waals surface area contributed by atoms with Crippen molar-refractivity contribution in [2.24, 2.45) is 0 Å². The molecule has 0 unspecified atom stereocenters. The Morgan fingerprint density at radius 2 is 2.00 bits per heavy atom. The Morgan fingerprint density at radius 1 is 1.23 bits per heavy atom. The third kappa shape index (κ3) is 4.85. The van der Waals surface area contributed by atoms with Gasteiger partial charge in [-0.15, -0.1) is 0 Å². The fourth-order valence-corrected chi connectivity index (χ4v) is 3.25. The fourth-order valence-electron chi connectivity index (χ4n) is 2.33. The smallest absolute Gasteiger partial charge is 0.252 e. The van der Waals surface area contributed by atoms with Crippen LogP contribution < -0.4 is 19.1 Å². The van der Waals surface area contributed by atoms with Crippen LogP contribution in [0.2, 0.25) is 0 Å². The van der Waals surface area contributed by atoms with Crippen molar-refractivity contribution in [3.05, 3.63) is 48.3 Å². The normalized spacial score (nSPS) is 10.9. The zero-order valence-electron chi connectivity index (χ0n) is 14.8. The molecule has 0 fully saturated rings. The highest BCUT2D eigenvalue weighted by molar-refractivity contribution is 7.92. The van der Waals surface area contributed by atoms with Crippen molar-refractivity contribution in [2.75, 3.05) is 37.9 Å². The number of anilines is 1. The molecule has 1 heterocycles. The number of hydrogen-bond donors (Lipinski definition) is 1. The molecular formula is C17H21N3O5S.